The van der Waals surface area contributed by atoms with Gasteiger partial charge in [0.1, 0.15) is 17.3 Å². The van der Waals surface area contributed by atoms with Gasteiger partial charge in [-0.1, -0.05) is 24.3 Å². The quantitative estimate of drug-likeness (QED) is 0.398. The first-order chi connectivity index (χ1) is 15.2. The molecule has 2 heterocycles. The molecule has 0 amide bonds. The van der Waals surface area contributed by atoms with Crippen molar-refractivity contribution >= 4 is 0 Å². The van der Waals surface area contributed by atoms with Crippen LogP contribution < -0.4 is 10.1 Å². The van der Waals surface area contributed by atoms with Gasteiger partial charge in [0.2, 0.25) is 0 Å². The Hall–Kier alpha value is -3.51. The average molecular weight is 417 g/mol. The number of nitrogens with one attached hydrogen (secondary N) is 1. The number of halogens is 1. The first-order valence-electron chi connectivity index (χ1n) is 10.3. The Morgan fingerprint density at radius 3 is 2.68 bits per heavy atom. The summed E-state index contributed by atoms with van der Waals surface area (Å²) < 4.78 is 21.7. The lowest BCUT2D eigenvalue weighted by atomic mass is 10.1. The first-order valence-corrected chi connectivity index (χ1v) is 10.3. The van der Waals surface area contributed by atoms with Crippen LogP contribution in [0.2, 0.25) is 0 Å². The first kappa shape index (κ1) is 20.8. The third kappa shape index (κ3) is 5.16. The van der Waals surface area contributed by atoms with Gasteiger partial charge in [-0.05, 0) is 55.3 Å². The second kappa shape index (κ2) is 10.00. The predicted octanol–water partition coefficient (Wildman–Crippen LogP) is 4.80. The third-order valence-corrected chi connectivity index (χ3v) is 5.10. The van der Waals surface area contributed by atoms with Crippen LogP contribution in [0, 0.1) is 5.82 Å². The van der Waals surface area contributed by atoms with Gasteiger partial charge < -0.3 is 10.1 Å². The number of methoxy groups -OCH3 is 1. The molecule has 4 aromatic rings. The number of rotatable bonds is 9. The van der Waals surface area contributed by atoms with Gasteiger partial charge in [-0.3, -0.25) is 4.98 Å². The highest BCUT2D eigenvalue weighted by molar-refractivity contribution is 5.65. The SMILES string of the molecule is COc1ccc(-c2nn(-c3ccccc3)cc2CNCCCc2cccnc2)c(F)c1. The average Bonchev–Trinajstić information content (AvgIpc) is 3.24. The molecular formula is C25H25FN4O. The molecule has 1 N–H and O–H groups in total. The van der Waals surface area contributed by atoms with E-state index in [1.807, 2.05) is 48.8 Å². The standard InChI is InChI=1S/C25H25FN4O/c1-31-22-11-12-23(24(26)15-22)25-20(18-30(29-25)21-9-3-2-4-10-21)17-28-14-6-8-19-7-5-13-27-16-19/h2-5,7,9-13,15-16,18,28H,6,8,14,17H2,1H3. The van der Waals surface area contributed by atoms with E-state index in [1.54, 1.807) is 23.0 Å². The van der Waals surface area contributed by atoms with Crippen LogP contribution in [0.3, 0.4) is 0 Å². The van der Waals surface area contributed by atoms with Crippen molar-refractivity contribution in [1.29, 1.82) is 0 Å². The molecule has 4 rings (SSSR count). The van der Waals surface area contributed by atoms with Gasteiger partial charge in [-0.25, -0.2) is 9.07 Å². The van der Waals surface area contributed by atoms with Crippen LogP contribution in [0.25, 0.3) is 16.9 Å². The molecule has 6 heteroatoms. The van der Waals surface area contributed by atoms with Crippen molar-refractivity contribution in [3.63, 3.8) is 0 Å². The van der Waals surface area contributed by atoms with Gasteiger partial charge in [-0.15, -0.1) is 0 Å². The highest BCUT2D eigenvalue weighted by atomic mass is 19.1. The van der Waals surface area contributed by atoms with E-state index in [4.69, 9.17) is 9.84 Å². The van der Waals surface area contributed by atoms with Crippen LogP contribution in [0.4, 0.5) is 4.39 Å². The second-order valence-electron chi connectivity index (χ2n) is 7.27. The lowest BCUT2D eigenvalue weighted by Gasteiger charge is -2.07. The van der Waals surface area contributed by atoms with E-state index in [0.29, 0.717) is 23.6 Å². The molecule has 31 heavy (non-hydrogen) atoms. The molecule has 0 spiro atoms. The second-order valence-corrected chi connectivity index (χ2v) is 7.27. The van der Waals surface area contributed by atoms with Crippen molar-refractivity contribution in [3.05, 3.63) is 96.2 Å². The summed E-state index contributed by atoms with van der Waals surface area (Å²) in [6.07, 6.45) is 7.59. The number of nitrogens with zero attached hydrogens (tertiary/aromatic N) is 3. The molecule has 0 aliphatic rings. The summed E-state index contributed by atoms with van der Waals surface area (Å²) in [7, 11) is 1.53. The number of hydrogen-bond acceptors (Lipinski definition) is 4. The molecule has 0 bridgehead atoms. The largest absolute Gasteiger partial charge is 0.497 e. The summed E-state index contributed by atoms with van der Waals surface area (Å²) in [5, 5.41) is 8.17. The molecule has 158 valence electrons. The van der Waals surface area contributed by atoms with Gasteiger partial charge in [0.05, 0.1) is 12.8 Å². The van der Waals surface area contributed by atoms with Crippen LogP contribution in [0.1, 0.15) is 17.5 Å². The highest BCUT2D eigenvalue weighted by Crippen LogP contribution is 2.28. The molecular weight excluding hydrogens is 391 g/mol. The zero-order valence-corrected chi connectivity index (χ0v) is 17.5. The fourth-order valence-corrected chi connectivity index (χ4v) is 3.48. The molecule has 2 aromatic carbocycles. The molecule has 0 fully saturated rings. The van der Waals surface area contributed by atoms with Crippen molar-refractivity contribution in [2.24, 2.45) is 0 Å². The van der Waals surface area contributed by atoms with Crippen LogP contribution in [-0.2, 0) is 13.0 Å². The zero-order chi connectivity index (χ0) is 21.5. The fourth-order valence-electron chi connectivity index (χ4n) is 3.48. The zero-order valence-electron chi connectivity index (χ0n) is 17.5. The molecule has 5 nitrogen and oxygen atoms in total. The van der Waals surface area contributed by atoms with E-state index < -0.39 is 0 Å². The Bertz CT molecular complexity index is 1110. The Kier molecular flexibility index (Phi) is 6.69. The predicted molar refractivity (Wildman–Crippen MR) is 120 cm³/mol. The lowest BCUT2D eigenvalue weighted by Crippen LogP contribution is -2.15. The summed E-state index contributed by atoms with van der Waals surface area (Å²) in [4.78, 5) is 4.15. The molecule has 0 saturated carbocycles. The van der Waals surface area contributed by atoms with Crippen LogP contribution in [0.5, 0.6) is 5.75 Å². The maximum absolute atomic E-state index is 14.8. The molecule has 0 radical (unpaired) electrons. The maximum atomic E-state index is 14.8. The van der Waals surface area contributed by atoms with Crippen molar-refractivity contribution < 1.29 is 9.13 Å². The number of pyridine rings is 1. The van der Waals surface area contributed by atoms with Gasteiger partial charge >= 0.3 is 0 Å². The minimum atomic E-state index is -0.351. The minimum absolute atomic E-state index is 0.351. The normalized spacial score (nSPS) is 10.9. The molecule has 2 aromatic heterocycles. The lowest BCUT2D eigenvalue weighted by molar-refractivity contribution is 0.411. The number of ether oxygens (including phenoxy) is 1. The Balaban J connectivity index is 1.52. The Morgan fingerprint density at radius 1 is 1.06 bits per heavy atom. The van der Waals surface area contributed by atoms with Crippen molar-refractivity contribution in [1.82, 2.24) is 20.1 Å². The number of benzene rings is 2. The van der Waals surface area contributed by atoms with Crippen LogP contribution >= 0.6 is 0 Å². The van der Waals surface area contributed by atoms with E-state index in [2.05, 4.69) is 16.4 Å². The summed E-state index contributed by atoms with van der Waals surface area (Å²) in [5.41, 5.74) is 4.18. The molecule has 0 aliphatic carbocycles. The van der Waals surface area contributed by atoms with Crippen LogP contribution in [0.15, 0.2) is 79.3 Å². The van der Waals surface area contributed by atoms with E-state index >= 15 is 0 Å². The molecule has 0 atom stereocenters. The molecule has 0 aliphatic heterocycles. The topological polar surface area (TPSA) is 52.0 Å². The summed E-state index contributed by atoms with van der Waals surface area (Å²) in [6.45, 7) is 1.44. The fraction of sp³-hybridized carbons (Fsp3) is 0.200. The number of aromatic nitrogens is 3. The van der Waals surface area contributed by atoms with E-state index in [1.165, 1.54) is 18.7 Å². The van der Waals surface area contributed by atoms with Gasteiger partial charge in [0.15, 0.2) is 0 Å². The van der Waals surface area contributed by atoms with Crippen molar-refractivity contribution in [2.75, 3.05) is 13.7 Å². The number of hydrogen-bond donors (Lipinski definition) is 1. The van der Waals surface area contributed by atoms with Gasteiger partial charge in [0.25, 0.3) is 0 Å². The number of para-hydroxylation sites is 1. The van der Waals surface area contributed by atoms with E-state index in [-0.39, 0.29) is 5.82 Å². The summed E-state index contributed by atoms with van der Waals surface area (Å²) in [5.74, 6) is 0.134. The maximum Gasteiger partial charge on any atom is 0.136 e. The van der Waals surface area contributed by atoms with E-state index in [9.17, 15) is 4.39 Å². The Morgan fingerprint density at radius 2 is 1.94 bits per heavy atom. The highest BCUT2D eigenvalue weighted by Gasteiger charge is 2.16. The molecule has 0 unspecified atom stereocenters. The monoisotopic (exact) mass is 416 g/mol. The minimum Gasteiger partial charge on any atom is -0.497 e. The summed E-state index contributed by atoms with van der Waals surface area (Å²) >= 11 is 0. The number of aryl methyl sites for hydroxylation is 1. The van der Waals surface area contributed by atoms with Gasteiger partial charge in [0, 0.05) is 42.3 Å². The smallest absolute Gasteiger partial charge is 0.136 e. The third-order valence-electron chi connectivity index (χ3n) is 5.10. The van der Waals surface area contributed by atoms with Crippen molar-refractivity contribution in [3.8, 4) is 22.7 Å². The summed E-state index contributed by atoms with van der Waals surface area (Å²) in [6, 6.07) is 18.7. The van der Waals surface area contributed by atoms with Gasteiger partial charge in [-0.2, -0.15) is 5.10 Å². The van der Waals surface area contributed by atoms with Crippen LogP contribution in [-0.4, -0.2) is 28.4 Å². The van der Waals surface area contributed by atoms with Crippen molar-refractivity contribution in [2.45, 2.75) is 19.4 Å². The van der Waals surface area contributed by atoms with E-state index in [0.717, 1.165) is 30.6 Å². The molecule has 0 saturated heterocycles. The Labute approximate surface area is 181 Å².